The largest absolute Gasteiger partial charge is 0.475 e. The third-order valence-electron chi connectivity index (χ3n) is 6.34. The van der Waals surface area contributed by atoms with Gasteiger partial charge < -0.3 is 35.1 Å². The number of para-hydroxylation sites is 1. The van der Waals surface area contributed by atoms with E-state index in [0.29, 0.717) is 47.2 Å². The molecule has 1 fully saturated rings. The Kier molecular flexibility index (Phi) is 11.6. The number of nitrogens with zero attached hydrogens (tertiary/aromatic N) is 4. The molecule has 0 aliphatic carbocycles. The van der Waals surface area contributed by atoms with Crippen LogP contribution in [0.2, 0.25) is 5.02 Å². The van der Waals surface area contributed by atoms with Gasteiger partial charge in [0, 0.05) is 31.0 Å². The number of fused-ring (bicyclic) bond motifs is 1. The lowest BCUT2D eigenvalue weighted by atomic mass is 10.1. The highest BCUT2D eigenvalue weighted by atomic mass is 35.5. The number of ether oxygens (including phenoxy) is 2. The lowest BCUT2D eigenvalue weighted by Crippen LogP contribution is -2.42. The first-order valence-corrected chi connectivity index (χ1v) is 13.3. The van der Waals surface area contributed by atoms with Gasteiger partial charge in [0.2, 0.25) is 11.7 Å². The zero-order valence-corrected chi connectivity index (χ0v) is 23.4. The van der Waals surface area contributed by atoms with Gasteiger partial charge in [0.25, 0.3) is 0 Å². The number of carboxylic acid groups (broad SMARTS) is 1. The lowest BCUT2D eigenvalue weighted by Gasteiger charge is -2.32. The molecule has 3 heterocycles. The number of likely N-dealkylation sites (tertiary alicyclic amines) is 1. The Hall–Kier alpha value is -3.09. The van der Waals surface area contributed by atoms with E-state index in [4.69, 9.17) is 26.8 Å². The number of hydrogen-bond acceptors (Lipinski definition) is 8. The molecule has 1 saturated heterocycles. The molecule has 1 aromatic carbocycles. The molecule has 1 aliphatic heterocycles. The van der Waals surface area contributed by atoms with Gasteiger partial charge >= 0.3 is 5.97 Å². The summed E-state index contributed by atoms with van der Waals surface area (Å²) in [6, 6.07) is 9.59. The van der Waals surface area contributed by atoms with Crippen molar-refractivity contribution in [3.8, 4) is 0 Å². The monoisotopic (exact) mass is 560 g/mol. The maximum atomic E-state index is 12.4. The number of hydrogen-bond donors (Lipinski definition) is 3. The van der Waals surface area contributed by atoms with Crippen molar-refractivity contribution < 1.29 is 24.2 Å². The van der Waals surface area contributed by atoms with Crippen LogP contribution in [0.1, 0.15) is 42.9 Å². The minimum absolute atomic E-state index is 0.233. The van der Waals surface area contributed by atoms with Gasteiger partial charge in [0.15, 0.2) is 0 Å². The first-order valence-electron chi connectivity index (χ1n) is 12.9. The number of amides is 1. The number of nitrogens with two attached hydrogens (primary N) is 1. The Labute approximate surface area is 233 Å². The second-order valence-electron chi connectivity index (χ2n) is 9.53. The van der Waals surface area contributed by atoms with E-state index in [9.17, 15) is 14.7 Å². The number of aromatic nitrogens is 3. The first kappa shape index (κ1) is 30.5. The predicted octanol–water partition coefficient (Wildman–Crippen LogP) is 3.40. The zero-order chi connectivity index (χ0) is 28.4. The second kappa shape index (κ2) is 14.9. The van der Waals surface area contributed by atoms with E-state index in [1.165, 1.54) is 36.7 Å². The van der Waals surface area contributed by atoms with Crippen molar-refractivity contribution in [3.05, 3.63) is 52.9 Å². The molecule has 39 heavy (non-hydrogen) atoms. The van der Waals surface area contributed by atoms with Crippen molar-refractivity contribution in [2.75, 3.05) is 38.7 Å². The molecule has 0 atom stereocenters. The van der Waals surface area contributed by atoms with Gasteiger partial charge in [-0.05, 0) is 58.0 Å². The molecule has 11 nitrogen and oxygen atoms in total. The Balaban J connectivity index is 0.000000353. The predicted molar refractivity (Wildman–Crippen MR) is 150 cm³/mol. The van der Waals surface area contributed by atoms with E-state index in [-0.39, 0.29) is 19.0 Å². The molecule has 0 bridgehead atoms. The number of pyridine rings is 1. The van der Waals surface area contributed by atoms with Crippen LogP contribution in [-0.4, -0.2) is 81.9 Å². The number of carboxylic acids is 1. The summed E-state index contributed by atoms with van der Waals surface area (Å²) in [7, 11) is 1.58. The van der Waals surface area contributed by atoms with Crippen molar-refractivity contribution >= 4 is 40.3 Å². The summed E-state index contributed by atoms with van der Waals surface area (Å²) in [4.78, 5) is 34.8. The Morgan fingerprint density at radius 3 is 2.56 bits per heavy atom. The van der Waals surface area contributed by atoms with Crippen LogP contribution in [0.15, 0.2) is 36.5 Å². The van der Waals surface area contributed by atoms with Crippen LogP contribution in [-0.2, 0) is 27.4 Å². The number of anilines is 1. The van der Waals surface area contributed by atoms with Gasteiger partial charge in [-0.15, -0.1) is 0 Å². The summed E-state index contributed by atoms with van der Waals surface area (Å²) in [5.74, 6) is -1.59. The molecular weight excluding hydrogens is 524 g/mol. The molecule has 3 aromatic rings. The molecule has 12 heteroatoms. The quantitative estimate of drug-likeness (QED) is 0.317. The van der Waals surface area contributed by atoms with E-state index in [2.05, 4.69) is 34.0 Å². The van der Waals surface area contributed by atoms with E-state index in [1.54, 1.807) is 37.4 Å². The van der Waals surface area contributed by atoms with Crippen LogP contribution in [0.5, 0.6) is 0 Å². The van der Waals surface area contributed by atoms with Crippen molar-refractivity contribution in [3.63, 3.8) is 0 Å². The number of imidazole rings is 1. The molecule has 4 rings (SSSR count). The van der Waals surface area contributed by atoms with Crippen LogP contribution in [0, 0.1) is 0 Å². The molecule has 212 valence electrons. The Bertz CT molecular complexity index is 1230. The third-order valence-corrected chi connectivity index (χ3v) is 6.57. The molecule has 0 radical (unpaired) electrons. The average Bonchev–Trinajstić information content (AvgIpc) is 3.28. The fourth-order valence-corrected chi connectivity index (χ4v) is 4.29. The number of halogens is 1. The number of nitrogens with one attached hydrogen (secondary N) is 1. The second-order valence-corrected chi connectivity index (χ2v) is 9.97. The smallest absolute Gasteiger partial charge is 0.372 e. The van der Waals surface area contributed by atoms with E-state index < -0.39 is 11.9 Å². The van der Waals surface area contributed by atoms with Crippen molar-refractivity contribution in [1.82, 2.24) is 19.4 Å². The van der Waals surface area contributed by atoms with Crippen LogP contribution >= 0.6 is 11.6 Å². The molecule has 0 unspecified atom stereocenters. The van der Waals surface area contributed by atoms with Crippen molar-refractivity contribution in [1.29, 1.82) is 0 Å². The Morgan fingerprint density at radius 1 is 1.21 bits per heavy atom. The van der Waals surface area contributed by atoms with E-state index in [0.717, 1.165) is 5.56 Å². The number of carbonyl (C=O) groups excluding carboxylic acids is 1. The van der Waals surface area contributed by atoms with Gasteiger partial charge in [-0.3, -0.25) is 4.79 Å². The van der Waals surface area contributed by atoms with Crippen LogP contribution in [0.25, 0.3) is 11.0 Å². The van der Waals surface area contributed by atoms with Crippen LogP contribution < -0.4 is 11.1 Å². The average molecular weight is 561 g/mol. The standard InChI is InChI=1S/C19H19ClN4O5.C8H18N2/c1-28-7-8-29-11-12-3-2-4-14-17(12)23-18(19(26)27)24(14)10-16(25)22-15-6-5-13(20)9-21-15;1-7(2)10-5-3-8(9)4-6-10/h2-6,9H,7-8,10-11H2,1H3,(H,26,27)(H,21,22,25);7-8H,3-6,9H2,1-2H3. The SMILES string of the molecule is CC(C)N1CCC(N)CC1.COCCOCc1cccc2c1nc(C(=O)O)n2CC(=O)Nc1ccc(Cl)cn1. The zero-order valence-electron chi connectivity index (χ0n) is 22.6. The summed E-state index contributed by atoms with van der Waals surface area (Å²) in [5.41, 5.74) is 7.49. The summed E-state index contributed by atoms with van der Waals surface area (Å²) in [5, 5.41) is 12.6. The number of aromatic carboxylic acids is 1. The molecular formula is C27H37ClN6O5. The first-order chi connectivity index (χ1) is 18.7. The highest BCUT2D eigenvalue weighted by Crippen LogP contribution is 2.22. The molecule has 0 saturated carbocycles. The maximum Gasteiger partial charge on any atom is 0.372 e. The Morgan fingerprint density at radius 2 is 1.95 bits per heavy atom. The third kappa shape index (κ3) is 8.97. The van der Waals surface area contributed by atoms with Crippen LogP contribution in [0.3, 0.4) is 0 Å². The lowest BCUT2D eigenvalue weighted by molar-refractivity contribution is -0.116. The fraction of sp³-hybridized carbons (Fsp3) is 0.481. The molecule has 1 amide bonds. The number of rotatable bonds is 10. The highest BCUT2D eigenvalue weighted by molar-refractivity contribution is 6.30. The minimum atomic E-state index is -1.23. The molecule has 4 N–H and O–H groups in total. The van der Waals surface area contributed by atoms with Crippen LogP contribution in [0.4, 0.5) is 5.82 Å². The van der Waals surface area contributed by atoms with Gasteiger partial charge in [-0.2, -0.15) is 0 Å². The van der Waals surface area contributed by atoms with Crippen molar-refractivity contribution in [2.24, 2.45) is 5.73 Å². The number of benzene rings is 1. The van der Waals surface area contributed by atoms with Gasteiger partial charge in [0.05, 0.1) is 35.9 Å². The van der Waals surface area contributed by atoms with Gasteiger partial charge in [-0.25, -0.2) is 14.8 Å². The summed E-state index contributed by atoms with van der Waals surface area (Å²) >= 11 is 5.78. The highest BCUT2D eigenvalue weighted by Gasteiger charge is 2.21. The topological polar surface area (TPSA) is 145 Å². The molecule has 2 aromatic heterocycles. The van der Waals surface area contributed by atoms with E-state index >= 15 is 0 Å². The number of piperidine rings is 1. The summed E-state index contributed by atoms with van der Waals surface area (Å²) in [6.45, 7) is 7.74. The van der Waals surface area contributed by atoms with Gasteiger partial charge in [0.1, 0.15) is 12.4 Å². The number of methoxy groups -OCH3 is 1. The van der Waals surface area contributed by atoms with Gasteiger partial charge in [-0.1, -0.05) is 23.7 Å². The summed E-state index contributed by atoms with van der Waals surface area (Å²) in [6.07, 6.45) is 3.76. The molecule has 0 spiro atoms. The minimum Gasteiger partial charge on any atom is -0.475 e. The fourth-order valence-electron chi connectivity index (χ4n) is 4.18. The number of carbonyl (C=O) groups is 2. The van der Waals surface area contributed by atoms with Crippen molar-refractivity contribution in [2.45, 2.75) is 51.9 Å². The summed E-state index contributed by atoms with van der Waals surface area (Å²) < 4.78 is 11.8. The normalized spacial score (nSPS) is 14.3. The maximum absolute atomic E-state index is 12.4. The van der Waals surface area contributed by atoms with E-state index in [1.807, 2.05) is 0 Å². The molecule has 1 aliphatic rings.